The number of nitrogens with one attached hydrogen (secondary N) is 1. The fraction of sp³-hybridized carbons (Fsp3) is 0.500. The van der Waals surface area contributed by atoms with E-state index in [-0.39, 0.29) is 17.6 Å². The zero-order valence-electron chi connectivity index (χ0n) is 21.8. The minimum absolute atomic E-state index is 0.119. The molecule has 1 aliphatic carbocycles. The fourth-order valence-corrected chi connectivity index (χ4v) is 5.53. The summed E-state index contributed by atoms with van der Waals surface area (Å²) in [5, 5.41) is 3.52. The number of hydrogen-bond donors (Lipinski definition) is 1. The molecule has 0 radical (unpaired) electrons. The molecule has 1 fully saturated rings. The normalized spacial score (nSPS) is 19.5. The van der Waals surface area contributed by atoms with Crippen LogP contribution in [0, 0.1) is 11.3 Å². The maximum absolute atomic E-state index is 12.4. The predicted octanol–water partition coefficient (Wildman–Crippen LogP) is 6.75. The molecule has 3 aromatic rings. The molecule has 2 aromatic carbocycles. The van der Waals surface area contributed by atoms with Gasteiger partial charge in [0.25, 0.3) is 0 Å². The molecule has 0 saturated heterocycles. The van der Waals surface area contributed by atoms with Crippen molar-refractivity contribution < 1.29 is 19.0 Å². The summed E-state index contributed by atoms with van der Waals surface area (Å²) in [5.74, 6) is 2.21. The van der Waals surface area contributed by atoms with Gasteiger partial charge in [0.15, 0.2) is 0 Å². The predicted molar refractivity (Wildman–Crippen MR) is 139 cm³/mol. The first-order chi connectivity index (χ1) is 16.6. The molecule has 0 bridgehead atoms. The Bertz CT molecular complexity index is 1200. The summed E-state index contributed by atoms with van der Waals surface area (Å²) in [7, 11) is 2.94. The second kappa shape index (κ2) is 9.80. The zero-order chi connectivity index (χ0) is 25.3. The Morgan fingerprint density at radius 3 is 2.46 bits per heavy atom. The van der Waals surface area contributed by atoms with Gasteiger partial charge in [0.2, 0.25) is 5.95 Å². The first kappa shape index (κ1) is 24.9. The first-order valence-electron chi connectivity index (χ1n) is 12.3. The van der Waals surface area contributed by atoms with Gasteiger partial charge < -0.3 is 24.1 Å². The van der Waals surface area contributed by atoms with Crippen molar-refractivity contribution in [1.29, 1.82) is 0 Å². The van der Waals surface area contributed by atoms with Crippen LogP contribution < -0.4 is 14.8 Å². The minimum Gasteiger partial charge on any atom is -0.496 e. The largest absolute Gasteiger partial charge is 0.496 e. The van der Waals surface area contributed by atoms with E-state index < -0.39 is 5.97 Å². The molecule has 2 atom stereocenters. The number of rotatable bonds is 7. The summed E-state index contributed by atoms with van der Waals surface area (Å²) in [6.45, 7) is 11.0. The lowest BCUT2D eigenvalue weighted by Crippen LogP contribution is -2.29. The number of aromatic nitrogens is 2. The lowest BCUT2D eigenvalue weighted by Gasteiger charge is -2.40. The number of esters is 1. The molecule has 0 amide bonds. The van der Waals surface area contributed by atoms with Crippen LogP contribution >= 0.6 is 0 Å². The van der Waals surface area contributed by atoms with E-state index in [1.807, 2.05) is 44.2 Å². The maximum Gasteiger partial charge on any atom is 0.341 e. The molecule has 2 unspecified atom stereocenters. The van der Waals surface area contributed by atoms with Gasteiger partial charge in [-0.1, -0.05) is 20.8 Å². The minimum atomic E-state index is -0.444. The third-order valence-electron chi connectivity index (χ3n) is 6.63. The van der Waals surface area contributed by atoms with Crippen LogP contribution in [0.5, 0.6) is 11.5 Å². The first-order valence-corrected chi connectivity index (χ1v) is 12.3. The van der Waals surface area contributed by atoms with Gasteiger partial charge in [-0.3, -0.25) is 0 Å². The Morgan fingerprint density at radius 2 is 1.86 bits per heavy atom. The molecule has 1 N–H and O–H groups in total. The Hall–Kier alpha value is -3.22. The van der Waals surface area contributed by atoms with Crippen LogP contribution in [0.25, 0.3) is 11.0 Å². The number of methoxy groups -OCH3 is 2. The Kier molecular flexibility index (Phi) is 6.97. The summed E-state index contributed by atoms with van der Waals surface area (Å²) >= 11 is 0. The van der Waals surface area contributed by atoms with E-state index in [0.717, 1.165) is 41.3 Å². The van der Waals surface area contributed by atoms with Crippen molar-refractivity contribution in [2.45, 2.75) is 66.0 Å². The summed E-state index contributed by atoms with van der Waals surface area (Å²) < 4.78 is 18.6. The smallest absolute Gasteiger partial charge is 0.341 e. The molecule has 7 heteroatoms. The van der Waals surface area contributed by atoms with Crippen LogP contribution in [-0.2, 0) is 4.74 Å². The highest BCUT2D eigenvalue weighted by Gasteiger charge is 2.35. The maximum atomic E-state index is 12.4. The summed E-state index contributed by atoms with van der Waals surface area (Å²) in [4.78, 5) is 17.3. The number of fused-ring (bicyclic) bond motifs is 1. The number of hydrogen-bond acceptors (Lipinski definition) is 6. The topological polar surface area (TPSA) is 74.6 Å². The van der Waals surface area contributed by atoms with Gasteiger partial charge in [0, 0.05) is 17.8 Å². The number of nitrogens with zero attached hydrogens (tertiary/aromatic N) is 2. The molecule has 7 nitrogen and oxygen atoms in total. The van der Waals surface area contributed by atoms with E-state index in [1.165, 1.54) is 13.5 Å². The monoisotopic (exact) mass is 479 g/mol. The summed E-state index contributed by atoms with van der Waals surface area (Å²) in [6, 6.07) is 11.8. The molecule has 4 rings (SSSR count). The molecule has 35 heavy (non-hydrogen) atoms. The number of anilines is 2. The quantitative estimate of drug-likeness (QED) is 0.378. The zero-order valence-corrected chi connectivity index (χ0v) is 21.8. The number of benzene rings is 2. The number of imidazole rings is 1. The third kappa shape index (κ3) is 5.39. The molecular formula is C28H37N3O4. The highest BCUT2D eigenvalue weighted by atomic mass is 16.5. The lowest BCUT2D eigenvalue weighted by atomic mass is 9.70. The number of ether oxygens (including phenoxy) is 3. The number of carbonyl (C=O) groups excluding carboxylic acids is 1. The number of carbonyl (C=O) groups is 1. The third-order valence-corrected chi connectivity index (χ3v) is 6.63. The Balaban J connectivity index is 1.81. The summed E-state index contributed by atoms with van der Waals surface area (Å²) in [5.41, 5.74) is 3.17. The van der Waals surface area contributed by atoms with E-state index in [4.69, 9.17) is 19.2 Å². The van der Waals surface area contributed by atoms with Gasteiger partial charge in [0.1, 0.15) is 17.1 Å². The van der Waals surface area contributed by atoms with Crippen LogP contribution in [0.1, 0.15) is 70.3 Å². The molecule has 0 aliphatic heterocycles. The second-order valence-corrected chi connectivity index (χ2v) is 10.7. The molecule has 1 aromatic heterocycles. The van der Waals surface area contributed by atoms with E-state index in [2.05, 4.69) is 30.7 Å². The van der Waals surface area contributed by atoms with Gasteiger partial charge in [-0.2, -0.15) is 0 Å². The van der Waals surface area contributed by atoms with Crippen molar-refractivity contribution in [3.05, 3.63) is 42.0 Å². The van der Waals surface area contributed by atoms with E-state index in [9.17, 15) is 4.79 Å². The van der Waals surface area contributed by atoms with Crippen LogP contribution in [0.4, 0.5) is 11.6 Å². The SMILES string of the molecule is COC(=O)c1cc2nc(Nc3ccc(OC(C)C)cc3)n(C3CC(C)CC(C)(C)C3)c2cc1OC. The average molecular weight is 480 g/mol. The van der Waals surface area contributed by atoms with Gasteiger partial charge in [0.05, 0.1) is 31.4 Å². The molecule has 188 valence electrons. The van der Waals surface area contributed by atoms with Gasteiger partial charge in [-0.05, 0) is 74.8 Å². The van der Waals surface area contributed by atoms with Crippen molar-refractivity contribution in [2.24, 2.45) is 11.3 Å². The summed E-state index contributed by atoms with van der Waals surface area (Å²) in [6.07, 6.45) is 3.42. The standard InChI is InChI=1S/C28H37N3O4/c1-17(2)35-21-10-8-19(9-11-21)29-27-30-23-13-22(26(32)34-7)25(33-6)14-24(23)31(27)20-12-18(3)15-28(4,5)16-20/h8-11,13-14,17-18,20H,12,15-16H2,1-7H3,(H,29,30). The van der Waals surface area contributed by atoms with Crippen LogP contribution in [0.3, 0.4) is 0 Å². The van der Waals surface area contributed by atoms with E-state index >= 15 is 0 Å². The van der Waals surface area contributed by atoms with Crippen molar-refractivity contribution in [3.63, 3.8) is 0 Å². The molecule has 1 heterocycles. The van der Waals surface area contributed by atoms with Gasteiger partial charge in [-0.15, -0.1) is 0 Å². The highest BCUT2D eigenvalue weighted by molar-refractivity contribution is 5.97. The highest BCUT2D eigenvalue weighted by Crippen LogP contribution is 2.46. The van der Waals surface area contributed by atoms with Crippen LogP contribution in [0.15, 0.2) is 36.4 Å². The van der Waals surface area contributed by atoms with Crippen molar-refractivity contribution in [1.82, 2.24) is 9.55 Å². The molecule has 0 spiro atoms. The average Bonchev–Trinajstić information content (AvgIpc) is 3.13. The van der Waals surface area contributed by atoms with Crippen molar-refractivity contribution >= 4 is 28.6 Å². The second-order valence-electron chi connectivity index (χ2n) is 10.7. The fourth-order valence-electron chi connectivity index (χ4n) is 5.53. The van der Waals surface area contributed by atoms with Crippen molar-refractivity contribution in [2.75, 3.05) is 19.5 Å². The van der Waals surface area contributed by atoms with Crippen molar-refractivity contribution in [3.8, 4) is 11.5 Å². The van der Waals surface area contributed by atoms with Crippen LogP contribution in [0.2, 0.25) is 0 Å². The Morgan fingerprint density at radius 1 is 1.14 bits per heavy atom. The van der Waals surface area contributed by atoms with Crippen LogP contribution in [-0.4, -0.2) is 35.8 Å². The van der Waals surface area contributed by atoms with Gasteiger partial charge in [-0.25, -0.2) is 9.78 Å². The lowest BCUT2D eigenvalue weighted by molar-refractivity contribution is 0.0597. The Labute approximate surface area is 207 Å². The van der Waals surface area contributed by atoms with Gasteiger partial charge >= 0.3 is 5.97 Å². The van der Waals surface area contributed by atoms with E-state index in [0.29, 0.717) is 17.2 Å². The molecule has 1 aliphatic rings. The van der Waals surface area contributed by atoms with E-state index in [1.54, 1.807) is 13.2 Å². The molecular weight excluding hydrogens is 442 g/mol. The molecule has 1 saturated carbocycles.